The largest absolute Gasteiger partial charge is 0.478 e. The van der Waals surface area contributed by atoms with Gasteiger partial charge in [0.15, 0.2) is 0 Å². The van der Waals surface area contributed by atoms with Crippen LogP contribution in [0.3, 0.4) is 0 Å². The van der Waals surface area contributed by atoms with Gasteiger partial charge in [0, 0.05) is 0 Å². The highest BCUT2D eigenvalue weighted by Crippen LogP contribution is 2.25. The van der Waals surface area contributed by atoms with Crippen LogP contribution in [0.15, 0.2) is 18.2 Å². The summed E-state index contributed by atoms with van der Waals surface area (Å²) in [4.78, 5) is 35.4. The number of esters is 1. The zero-order chi connectivity index (χ0) is 31.9. The van der Waals surface area contributed by atoms with Crippen molar-refractivity contribution in [3.8, 4) is 0 Å². The molecule has 6 heteroatoms. The fourth-order valence-electron chi connectivity index (χ4n) is 5.90. The van der Waals surface area contributed by atoms with Gasteiger partial charge in [0.25, 0.3) is 0 Å². The summed E-state index contributed by atoms with van der Waals surface area (Å²) in [6, 6.07) is 3.84. The Morgan fingerprint density at radius 1 is 0.558 bits per heavy atom. The lowest BCUT2D eigenvalue weighted by Gasteiger charge is -2.17. The maximum absolute atomic E-state index is 12.4. The number of carboxylic acid groups (broad SMARTS) is 2. The van der Waals surface area contributed by atoms with Crippen molar-refractivity contribution >= 4 is 17.9 Å². The number of carboxylic acids is 2. The van der Waals surface area contributed by atoms with Crippen LogP contribution >= 0.6 is 0 Å². The maximum Gasteiger partial charge on any atom is 0.339 e. The number of rotatable bonds is 27. The molecular formula is C37H62O6. The minimum Gasteiger partial charge on any atom is -0.478 e. The molecule has 0 saturated heterocycles. The number of carbonyl (C=O) groups is 3. The summed E-state index contributed by atoms with van der Waals surface area (Å²) in [6.07, 6.45) is 25.7. The number of hydrogen-bond acceptors (Lipinski definition) is 4. The molecule has 0 aliphatic carbocycles. The Balaban J connectivity index is 2.32. The molecule has 1 aromatic rings. The molecule has 0 bridgehead atoms. The maximum atomic E-state index is 12.4. The van der Waals surface area contributed by atoms with Crippen molar-refractivity contribution < 1.29 is 29.3 Å². The third kappa shape index (κ3) is 18.8. The first-order valence-electron chi connectivity index (χ1n) is 17.4. The van der Waals surface area contributed by atoms with Gasteiger partial charge in [-0.3, -0.25) is 0 Å². The molecule has 1 rings (SSSR count). The number of aromatic carboxylic acids is 2. The van der Waals surface area contributed by atoms with Gasteiger partial charge in [-0.25, -0.2) is 14.4 Å². The third-order valence-corrected chi connectivity index (χ3v) is 8.51. The van der Waals surface area contributed by atoms with Crippen LogP contribution in [0.5, 0.6) is 0 Å². The first-order valence-corrected chi connectivity index (χ1v) is 17.4. The van der Waals surface area contributed by atoms with Crippen LogP contribution < -0.4 is 0 Å². The van der Waals surface area contributed by atoms with Crippen molar-refractivity contribution in [2.24, 2.45) is 17.8 Å². The SMILES string of the molecule is CC(C)CCCCCCCC(CCCCCCCOC(=O)c1cccc(C(=O)O)c1C(=O)O)CCCCCCCC(C)C. The Labute approximate surface area is 262 Å². The van der Waals surface area contributed by atoms with Crippen LogP contribution in [-0.2, 0) is 4.74 Å². The molecule has 0 amide bonds. The number of unbranched alkanes of at least 4 members (excludes halogenated alkanes) is 12. The summed E-state index contributed by atoms with van der Waals surface area (Å²) < 4.78 is 5.29. The molecule has 0 spiro atoms. The van der Waals surface area contributed by atoms with Gasteiger partial charge in [-0.05, 0) is 36.3 Å². The number of benzene rings is 1. The van der Waals surface area contributed by atoms with Gasteiger partial charge < -0.3 is 14.9 Å². The lowest BCUT2D eigenvalue weighted by atomic mass is 9.89. The van der Waals surface area contributed by atoms with E-state index < -0.39 is 29.0 Å². The standard InChI is InChI=1S/C37H62O6/c1-29(2)21-14-8-5-10-16-23-31(24-17-11-6-9-15-22-30(3)4)25-18-12-7-13-19-28-43-37(42)33-27-20-26-32(35(38)39)34(33)36(40)41/h20,26-27,29-31H,5-19,21-25,28H2,1-4H3,(H,38,39)(H,40,41). The summed E-state index contributed by atoms with van der Waals surface area (Å²) in [7, 11) is 0. The molecule has 0 fully saturated rings. The van der Waals surface area contributed by atoms with Crippen molar-refractivity contribution in [1.82, 2.24) is 0 Å². The van der Waals surface area contributed by atoms with E-state index in [-0.39, 0.29) is 12.2 Å². The fraction of sp³-hybridized carbons (Fsp3) is 0.757. The minimum atomic E-state index is -1.45. The van der Waals surface area contributed by atoms with E-state index >= 15 is 0 Å². The molecule has 0 saturated carbocycles. The Morgan fingerprint density at radius 3 is 1.37 bits per heavy atom. The van der Waals surface area contributed by atoms with Crippen molar-refractivity contribution in [2.75, 3.05) is 6.61 Å². The first kappa shape index (κ1) is 38.7. The Bertz CT molecular complexity index is 884. The van der Waals surface area contributed by atoms with E-state index in [1.165, 1.54) is 127 Å². The molecule has 0 aliphatic heterocycles. The summed E-state index contributed by atoms with van der Waals surface area (Å²) in [6.45, 7) is 9.45. The normalized spacial score (nSPS) is 11.5. The van der Waals surface area contributed by atoms with Gasteiger partial charge in [0.05, 0.1) is 23.3 Å². The van der Waals surface area contributed by atoms with Crippen molar-refractivity contribution in [1.29, 1.82) is 0 Å². The zero-order valence-corrected chi connectivity index (χ0v) is 27.8. The molecule has 246 valence electrons. The van der Waals surface area contributed by atoms with E-state index in [2.05, 4.69) is 27.7 Å². The number of hydrogen-bond donors (Lipinski definition) is 2. The monoisotopic (exact) mass is 602 g/mol. The quantitative estimate of drug-likeness (QED) is 0.0767. The highest BCUT2D eigenvalue weighted by Gasteiger charge is 2.24. The molecule has 2 N–H and O–H groups in total. The first-order chi connectivity index (χ1) is 20.6. The topological polar surface area (TPSA) is 101 Å². The van der Waals surface area contributed by atoms with Gasteiger partial charge in [0.1, 0.15) is 0 Å². The summed E-state index contributed by atoms with van der Waals surface area (Å²) in [5.41, 5.74) is -1.15. The third-order valence-electron chi connectivity index (χ3n) is 8.51. The van der Waals surface area contributed by atoms with Gasteiger partial charge in [-0.15, -0.1) is 0 Å². The average molecular weight is 603 g/mol. The zero-order valence-electron chi connectivity index (χ0n) is 27.8. The van der Waals surface area contributed by atoms with Crippen molar-refractivity contribution in [3.63, 3.8) is 0 Å². The number of carbonyl (C=O) groups excluding carboxylic acids is 1. The molecule has 0 atom stereocenters. The number of ether oxygens (including phenoxy) is 1. The second kappa shape index (κ2) is 24.0. The second-order valence-electron chi connectivity index (χ2n) is 13.4. The van der Waals surface area contributed by atoms with Gasteiger partial charge >= 0.3 is 17.9 Å². The van der Waals surface area contributed by atoms with E-state index in [1.54, 1.807) is 0 Å². The lowest BCUT2D eigenvalue weighted by Crippen LogP contribution is -2.16. The highest BCUT2D eigenvalue weighted by molar-refractivity contribution is 6.09. The summed E-state index contributed by atoms with van der Waals surface area (Å²) in [5, 5.41) is 18.7. The Kier molecular flexibility index (Phi) is 21.6. The lowest BCUT2D eigenvalue weighted by molar-refractivity contribution is 0.0487. The van der Waals surface area contributed by atoms with E-state index in [0.29, 0.717) is 6.42 Å². The Hall–Kier alpha value is -2.37. The van der Waals surface area contributed by atoms with Gasteiger partial charge in [0.2, 0.25) is 0 Å². The molecule has 0 radical (unpaired) electrons. The van der Waals surface area contributed by atoms with Crippen LogP contribution in [0.1, 0.15) is 187 Å². The van der Waals surface area contributed by atoms with Gasteiger partial charge in [-0.2, -0.15) is 0 Å². The van der Waals surface area contributed by atoms with Crippen LogP contribution in [0, 0.1) is 17.8 Å². The molecule has 43 heavy (non-hydrogen) atoms. The summed E-state index contributed by atoms with van der Waals surface area (Å²) >= 11 is 0. The van der Waals surface area contributed by atoms with Crippen LogP contribution in [0.25, 0.3) is 0 Å². The molecule has 0 aliphatic rings. The summed E-state index contributed by atoms with van der Waals surface area (Å²) in [5.74, 6) is -1.14. The predicted molar refractivity (Wildman–Crippen MR) is 176 cm³/mol. The van der Waals surface area contributed by atoms with E-state index in [0.717, 1.165) is 30.6 Å². The molecule has 6 nitrogen and oxygen atoms in total. The molecule has 0 heterocycles. The second-order valence-corrected chi connectivity index (χ2v) is 13.4. The molecule has 1 aromatic carbocycles. The Morgan fingerprint density at radius 2 is 0.953 bits per heavy atom. The van der Waals surface area contributed by atoms with Crippen LogP contribution in [0.4, 0.5) is 0 Å². The van der Waals surface area contributed by atoms with Crippen LogP contribution in [0.2, 0.25) is 0 Å². The van der Waals surface area contributed by atoms with Gasteiger partial charge in [-0.1, -0.05) is 156 Å². The van der Waals surface area contributed by atoms with Crippen molar-refractivity contribution in [3.05, 3.63) is 34.9 Å². The van der Waals surface area contributed by atoms with E-state index in [1.807, 2.05) is 0 Å². The smallest absolute Gasteiger partial charge is 0.339 e. The average Bonchev–Trinajstić information content (AvgIpc) is 2.95. The van der Waals surface area contributed by atoms with Crippen LogP contribution in [-0.4, -0.2) is 34.7 Å². The van der Waals surface area contributed by atoms with E-state index in [9.17, 15) is 24.6 Å². The minimum absolute atomic E-state index is 0.201. The molecule has 0 unspecified atom stereocenters. The predicted octanol–water partition coefficient (Wildman–Crippen LogP) is 11.0. The highest BCUT2D eigenvalue weighted by atomic mass is 16.5. The fourth-order valence-corrected chi connectivity index (χ4v) is 5.90. The van der Waals surface area contributed by atoms with E-state index in [4.69, 9.17) is 4.74 Å². The molecular weight excluding hydrogens is 540 g/mol. The molecule has 0 aromatic heterocycles. The van der Waals surface area contributed by atoms with Crippen molar-refractivity contribution in [2.45, 2.75) is 156 Å².